The summed E-state index contributed by atoms with van der Waals surface area (Å²) in [6.45, 7) is 3.00. The van der Waals surface area contributed by atoms with Gasteiger partial charge >= 0.3 is 5.97 Å². The van der Waals surface area contributed by atoms with Crippen LogP contribution in [0.4, 0.5) is 5.69 Å². The monoisotopic (exact) mass is 382 g/mol. The van der Waals surface area contributed by atoms with Crippen LogP contribution in [0.2, 0.25) is 0 Å². The van der Waals surface area contributed by atoms with Crippen LogP contribution in [0, 0.1) is 11.8 Å². The number of rotatable bonds is 5. The van der Waals surface area contributed by atoms with Crippen LogP contribution in [-0.2, 0) is 9.59 Å². The summed E-state index contributed by atoms with van der Waals surface area (Å²) >= 11 is 0. The third-order valence-corrected chi connectivity index (χ3v) is 5.35. The largest absolute Gasteiger partial charge is 0.495 e. The van der Waals surface area contributed by atoms with Crippen LogP contribution in [0.15, 0.2) is 40.8 Å². The molecule has 28 heavy (non-hydrogen) atoms. The number of nitrogens with one attached hydrogen (secondary N) is 1. The fourth-order valence-corrected chi connectivity index (χ4v) is 3.93. The number of furan rings is 1. The molecule has 2 aromatic carbocycles. The number of fused-ring (bicyclic) bond motifs is 3. The van der Waals surface area contributed by atoms with Crippen molar-refractivity contribution < 1.29 is 23.8 Å². The van der Waals surface area contributed by atoms with Gasteiger partial charge in [0.05, 0.1) is 25.3 Å². The van der Waals surface area contributed by atoms with Crippen molar-refractivity contribution in [3.8, 4) is 5.75 Å². The number of methoxy groups -OCH3 is 1. The summed E-state index contributed by atoms with van der Waals surface area (Å²) in [7, 11) is 1.55. The van der Waals surface area contributed by atoms with Crippen molar-refractivity contribution in [2.75, 3.05) is 32.1 Å². The molecule has 4 rings (SSSR count). The molecule has 1 aromatic heterocycles. The predicted octanol–water partition coefficient (Wildman–Crippen LogP) is 3.19. The highest BCUT2D eigenvalue weighted by molar-refractivity contribution is 6.07. The van der Waals surface area contributed by atoms with Crippen LogP contribution < -0.4 is 10.1 Å². The van der Waals surface area contributed by atoms with E-state index in [2.05, 4.69) is 5.32 Å². The Morgan fingerprint density at radius 1 is 1.21 bits per heavy atom. The number of benzene rings is 2. The molecule has 0 radical (unpaired) electrons. The minimum atomic E-state index is -0.813. The van der Waals surface area contributed by atoms with Crippen LogP contribution in [0.1, 0.15) is 6.92 Å². The van der Waals surface area contributed by atoms with Gasteiger partial charge in [-0.3, -0.25) is 14.5 Å². The Morgan fingerprint density at radius 2 is 2.00 bits per heavy atom. The second kappa shape index (κ2) is 7.16. The lowest BCUT2D eigenvalue weighted by Crippen LogP contribution is -2.32. The lowest BCUT2D eigenvalue weighted by molar-refractivity contribution is -0.142. The fourth-order valence-electron chi connectivity index (χ4n) is 3.93. The number of ether oxygens (including phenoxy) is 1. The topological polar surface area (TPSA) is 92.0 Å². The van der Waals surface area contributed by atoms with E-state index in [9.17, 15) is 14.7 Å². The first-order chi connectivity index (χ1) is 13.5. The fraction of sp³-hybridized carbons (Fsp3) is 0.333. The Kier molecular flexibility index (Phi) is 4.68. The molecule has 0 saturated carbocycles. The van der Waals surface area contributed by atoms with Crippen molar-refractivity contribution in [1.82, 2.24) is 4.90 Å². The molecule has 2 heterocycles. The SMILES string of the molecule is COc1cc2c(cc1NC(=O)CN1C[C@@H](C)[C@H](C(=O)O)C1)oc1ccccc12. The number of carbonyl (C=O) groups excluding carboxylic acids is 1. The van der Waals surface area contributed by atoms with E-state index in [0.717, 1.165) is 16.4 Å². The highest BCUT2D eigenvalue weighted by Gasteiger charge is 2.35. The highest BCUT2D eigenvalue weighted by Crippen LogP contribution is 2.36. The van der Waals surface area contributed by atoms with Gasteiger partial charge in [0.2, 0.25) is 5.91 Å². The van der Waals surface area contributed by atoms with Crippen molar-refractivity contribution in [3.05, 3.63) is 36.4 Å². The Morgan fingerprint density at radius 3 is 2.71 bits per heavy atom. The number of carboxylic acid groups (broad SMARTS) is 1. The minimum Gasteiger partial charge on any atom is -0.495 e. The van der Waals surface area contributed by atoms with E-state index in [1.807, 2.05) is 42.2 Å². The molecular weight excluding hydrogens is 360 g/mol. The molecule has 1 saturated heterocycles. The second-order valence-electron chi connectivity index (χ2n) is 7.31. The van der Waals surface area contributed by atoms with Crippen molar-refractivity contribution in [1.29, 1.82) is 0 Å². The zero-order chi connectivity index (χ0) is 19.8. The number of para-hydroxylation sites is 1. The highest BCUT2D eigenvalue weighted by atomic mass is 16.5. The van der Waals surface area contributed by atoms with E-state index in [0.29, 0.717) is 30.1 Å². The standard InChI is InChI=1S/C21H22N2O5/c1-12-9-23(10-15(12)21(25)26)11-20(24)22-16-8-18-14(7-19(16)27-2)13-5-3-4-6-17(13)28-18/h3-8,12,15H,9-11H2,1-2H3,(H,22,24)(H,25,26)/t12-,15-/m1/s1. The molecule has 0 bridgehead atoms. The maximum absolute atomic E-state index is 12.5. The van der Waals surface area contributed by atoms with E-state index in [-0.39, 0.29) is 18.4 Å². The van der Waals surface area contributed by atoms with Gasteiger partial charge in [0.1, 0.15) is 16.9 Å². The number of anilines is 1. The summed E-state index contributed by atoms with van der Waals surface area (Å²) in [5.41, 5.74) is 1.97. The van der Waals surface area contributed by atoms with Gasteiger partial charge in [0.25, 0.3) is 0 Å². The quantitative estimate of drug-likeness (QED) is 0.704. The predicted molar refractivity (Wildman–Crippen MR) is 106 cm³/mol. The maximum atomic E-state index is 12.5. The molecule has 1 fully saturated rings. The number of carboxylic acids is 1. The second-order valence-corrected chi connectivity index (χ2v) is 7.31. The van der Waals surface area contributed by atoms with Gasteiger partial charge in [-0.15, -0.1) is 0 Å². The van der Waals surface area contributed by atoms with Crippen LogP contribution in [0.25, 0.3) is 21.9 Å². The van der Waals surface area contributed by atoms with Crippen molar-refractivity contribution >= 4 is 39.5 Å². The summed E-state index contributed by atoms with van der Waals surface area (Å²) < 4.78 is 11.3. The van der Waals surface area contributed by atoms with Crippen molar-refractivity contribution in [2.24, 2.45) is 11.8 Å². The number of amides is 1. The molecule has 1 aliphatic heterocycles. The lowest BCUT2D eigenvalue weighted by atomic mass is 9.99. The van der Waals surface area contributed by atoms with Gasteiger partial charge in [0, 0.05) is 29.9 Å². The molecule has 1 aliphatic rings. The number of hydrogen-bond acceptors (Lipinski definition) is 5. The summed E-state index contributed by atoms with van der Waals surface area (Å²) in [5.74, 6) is -0.897. The Labute approximate surface area is 161 Å². The molecule has 7 nitrogen and oxygen atoms in total. The van der Waals surface area contributed by atoms with Gasteiger partial charge in [-0.25, -0.2) is 0 Å². The maximum Gasteiger partial charge on any atom is 0.308 e. The number of carbonyl (C=O) groups is 2. The number of likely N-dealkylation sites (tertiary alicyclic amines) is 1. The summed E-state index contributed by atoms with van der Waals surface area (Å²) in [4.78, 5) is 25.7. The Bertz CT molecular complexity index is 1060. The zero-order valence-corrected chi connectivity index (χ0v) is 15.8. The zero-order valence-electron chi connectivity index (χ0n) is 15.8. The van der Waals surface area contributed by atoms with Gasteiger partial charge in [-0.1, -0.05) is 25.1 Å². The lowest BCUT2D eigenvalue weighted by Gasteiger charge is -2.16. The Hall–Kier alpha value is -3.06. The van der Waals surface area contributed by atoms with Gasteiger partial charge in [-0.2, -0.15) is 0 Å². The average molecular weight is 382 g/mol. The molecule has 0 spiro atoms. The average Bonchev–Trinajstić information content (AvgIpc) is 3.20. The molecule has 2 N–H and O–H groups in total. The summed E-state index contributed by atoms with van der Waals surface area (Å²) in [6.07, 6.45) is 0. The third-order valence-electron chi connectivity index (χ3n) is 5.35. The van der Waals surface area contributed by atoms with Crippen LogP contribution >= 0.6 is 0 Å². The molecule has 146 valence electrons. The van der Waals surface area contributed by atoms with Crippen molar-refractivity contribution in [3.63, 3.8) is 0 Å². The van der Waals surface area contributed by atoms with E-state index >= 15 is 0 Å². The molecule has 2 atom stereocenters. The summed E-state index contributed by atoms with van der Waals surface area (Å²) in [6, 6.07) is 11.3. The molecular formula is C21H22N2O5. The number of aliphatic carboxylic acids is 1. The van der Waals surface area contributed by atoms with E-state index < -0.39 is 11.9 Å². The summed E-state index contributed by atoms with van der Waals surface area (Å²) in [5, 5.41) is 14.0. The number of hydrogen-bond donors (Lipinski definition) is 2. The first-order valence-electron chi connectivity index (χ1n) is 9.20. The molecule has 1 amide bonds. The van der Waals surface area contributed by atoms with Crippen LogP contribution in [0.5, 0.6) is 5.75 Å². The minimum absolute atomic E-state index is 0.0201. The van der Waals surface area contributed by atoms with Crippen LogP contribution in [0.3, 0.4) is 0 Å². The first kappa shape index (κ1) is 18.3. The van der Waals surface area contributed by atoms with Gasteiger partial charge in [-0.05, 0) is 18.1 Å². The van der Waals surface area contributed by atoms with Crippen LogP contribution in [-0.4, -0.2) is 48.6 Å². The van der Waals surface area contributed by atoms with E-state index in [4.69, 9.17) is 9.15 Å². The molecule has 0 aliphatic carbocycles. The Balaban J connectivity index is 1.54. The normalized spacial score (nSPS) is 19.9. The molecule has 0 unspecified atom stereocenters. The van der Waals surface area contributed by atoms with E-state index in [1.54, 1.807) is 13.2 Å². The number of nitrogens with zero attached hydrogens (tertiary/aromatic N) is 1. The third kappa shape index (κ3) is 3.29. The van der Waals surface area contributed by atoms with Crippen molar-refractivity contribution in [2.45, 2.75) is 6.92 Å². The molecule has 7 heteroatoms. The first-order valence-corrected chi connectivity index (χ1v) is 9.20. The van der Waals surface area contributed by atoms with Gasteiger partial charge in [0.15, 0.2) is 0 Å². The van der Waals surface area contributed by atoms with E-state index in [1.165, 1.54) is 0 Å². The smallest absolute Gasteiger partial charge is 0.308 e. The van der Waals surface area contributed by atoms with Gasteiger partial charge < -0.3 is 19.6 Å². The molecule has 3 aromatic rings.